The molecule has 0 spiro atoms. The Balaban J connectivity index is 3.28. The molecule has 3 N–H and O–H groups in total. The second kappa shape index (κ2) is 6.00. The van der Waals surface area contributed by atoms with E-state index < -0.39 is 16.2 Å². The second-order valence-electron chi connectivity index (χ2n) is 3.22. The number of hydrogen-bond donors (Lipinski definition) is 3. The standard InChI is InChI=1S/C9H10Br2N2O4S/c1-2-12-18(16,17)13-8-6(9(14)15)3-5(10)4-7(8)11/h3-4,12-13H,2H2,1H3,(H,14,15). The number of carbonyl (C=O) groups is 1. The van der Waals surface area contributed by atoms with Gasteiger partial charge in [0.15, 0.2) is 0 Å². The van der Waals surface area contributed by atoms with Crippen LogP contribution in [0.5, 0.6) is 0 Å². The molecule has 18 heavy (non-hydrogen) atoms. The van der Waals surface area contributed by atoms with E-state index in [0.717, 1.165) is 0 Å². The van der Waals surface area contributed by atoms with Crippen molar-refractivity contribution in [1.29, 1.82) is 0 Å². The molecule has 9 heteroatoms. The van der Waals surface area contributed by atoms with Gasteiger partial charge in [0.2, 0.25) is 0 Å². The molecule has 0 fully saturated rings. The number of rotatable bonds is 5. The summed E-state index contributed by atoms with van der Waals surface area (Å²) in [5.74, 6) is -1.23. The van der Waals surface area contributed by atoms with Crippen LogP contribution in [-0.4, -0.2) is 26.0 Å². The molecule has 0 aliphatic heterocycles. The van der Waals surface area contributed by atoms with E-state index in [9.17, 15) is 13.2 Å². The van der Waals surface area contributed by atoms with Crippen LogP contribution in [0.1, 0.15) is 17.3 Å². The first kappa shape index (κ1) is 15.4. The second-order valence-corrected chi connectivity index (χ2v) is 6.49. The minimum atomic E-state index is -3.78. The average molecular weight is 402 g/mol. The molecular formula is C9H10Br2N2O4S. The van der Waals surface area contributed by atoms with Crippen molar-refractivity contribution in [2.45, 2.75) is 6.92 Å². The van der Waals surface area contributed by atoms with Gasteiger partial charge in [0, 0.05) is 15.5 Å². The molecule has 100 valence electrons. The maximum atomic E-state index is 11.6. The van der Waals surface area contributed by atoms with E-state index >= 15 is 0 Å². The summed E-state index contributed by atoms with van der Waals surface area (Å²) in [7, 11) is -3.78. The van der Waals surface area contributed by atoms with E-state index in [2.05, 4.69) is 41.3 Å². The Morgan fingerprint density at radius 1 is 1.39 bits per heavy atom. The molecule has 0 aliphatic carbocycles. The van der Waals surface area contributed by atoms with Gasteiger partial charge in [-0.05, 0) is 28.1 Å². The Labute approximate surface area is 121 Å². The molecule has 0 bridgehead atoms. The monoisotopic (exact) mass is 400 g/mol. The number of halogens is 2. The Morgan fingerprint density at radius 3 is 2.50 bits per heavy atom. The van der Waals surface area contributed by atoms with Gasteiger partial charge < -0.3 is 5.11 Å². The molecule has 0 aromatic heterocycles. The van der Waals surface area contributed by atoms with Gasteiger partial charge in [-0.2, -0.15) is 13.1 Å². The highest BCUT2D eigenvalue weighted by Gasteiger charge is 2.19. The van der Waals surface area contributed by atoms with E-state index in [1.807, 2.05) is 0 Å². The first-order valence-corrected chi connectivity index (χ1v) is 7.83. The van der Waals surface area contributed by atoms with Crippen molar-refractivity contribution in [3.8, 4) is 0 Å². The maximum absolute atomic E-state index is 11.6. The van der Waals surface area contributed by atoms with Gasteiger partial charge in [0.25, 0.3) is 10.2 Å². The zero-order valence-electron chi connectivity index (χ0n) is 9.20. The number of benzene rings is 1. The summed E-state index contributed by atoms with van der Waals surface area (Å²) < 4.78 is 28.4. The molecule has 0 heterocycles. The summed E-state index contributed by atoms with van der Waals surface area (Å²) in [4.78, 5) is 11.1. The first-order valence-electron chi connectivity index (χ1n) is 4.76. The third kappa shape index (κ3) is 3.94. The SMILES string of the molecule is CCNS(=O)(=O)Nc1c(Br)cc(Br)cc1C(=O)O. The lowest BCUT2D eigenvalue weighted by Gasteiger charge is -2.12. The normalized spacial score (nSPS) is 11.3. The zero-order valence-corrected chi connectivity index (χ0v) is 13.2. The Hall–Kier alpha value is -0.640. The molecule has 0 aliphatic rings. The predicted molar refractivity (Wildman–Crippen MR) is 75.0 cm³/mol. The molecule has 1 rings (SSSR count). The molecule has 0 atom stereocenters. The topological polar surface area (TPSA) is 95.5 Å². The fourth-order valence-corrected chi connectivity index (χ4v) is 3.60. The highest BCUT2D eigenvalue weighted by molar-refractivity contribution is 9.11. The lowest BCUT2D eigenvalue weighted by atomic mass is 10.2. The van der Waals surface area contributed by atoms with Crippen LogP contribution in [0.2, 0.25) is 0 Å². The highest BCUT2D eigenvalue weighted by Crippen LogP contribution is 2.31. The lowest BCUT2D eigenvalue weighted by Crippen LogP contribution is -2.30. The average Bonchev–Trinajstić information content (AvgIpc) is 2.21. The molecule has 0 saturated heterocycles. The van der Waals surface area contributed by atoms with Gasteiger partial charge in [-0.25, -0.2) is 4.79 Å². The third-order valence-corrected chi connectivity index (χ3v) is 4.08. The molecule has 1 aromatic carbocycles. The zero-order chi connectivity index (χ0) is 13.9. The summed E-state index contributed by atoms with van der Waals surface area (Å²) in [6.45, 7) is 1.82. The van der Waals surface area contributed by atoms with Crippen molar-refractivity contribution in [2.75, 3.05) is 11.3 Å². The minimum absolute atomic E-state index is 0.0216. The largest absolute Gasteiger partial charge is 0.478 e. The number of carboxylic acid groups (broad SMARTS) is 1. The van der Waals surface area contributed by atoms with Crippen LogP contribution in [0.4, 0.5) is 5.69 Å². The molecule has 1 aromatic rings. The van der Waals surface area contributed by atoms with E-state index in [1.165, 1.54) is 6.07 Å². The van der Waals surface area contributed by atoms with Gasteiger partial charge in [0.1, 0.15) is 0 Å². The maximum Gasteiger partial charge on any atom is 0.337 e. The number of aromatic carboxylic acids is 1. The number of carboxylic acids is 1. The van der Waals surface area contributed by atoms with Crippen molar-refractivity contribution in [2.24, 2.45) is 0 Å². The quantitative estimate of drug-likeness (QED) is 0.704. The molecule has 6 nitrogen and oxygen atoms in total. The van der Waals surface area contributed by atoms with Crippen molar-refractivity contribution in [3.63, 3.8) is 0 Å². The van der Waals surface area contributed by atoms with E-state index in [1.54, 1.807) is 13.0 Å². The lowest BCUT2D eigenvalue weighted by molar-refractivity contribution is 0.0698. The highest BCUT2D eigenvalue weighted by atomic mass is 79.9. The molecule has 0 amide bonds. The fourth-order valence-electron chi connectivity index (χ4n) is 1.21. The molecule has 0 saturated carbocycles. The van der Waals surface area contributed by atoms with E-state index in [0.29, 0.717) is 8.95 Å². The first-order chi connectivity index (χ1) is 8.26. The van der Waals surface area contributed by atoms with Crippen LogP contribution in [-0.2, 0) is 10.2 Å². The Morgan fingerprint density at radius 2 is 2.00 bits per heavy atom. The molecule has 0 unspecified atom stereocenters. The van der Waals surface area contributed by atoms with Gasteiger partial charge >= 0.3 is 5.97 Å². The van der Waals surface area contributed by atoms with Crippen LogP contribution in [0, 0.1) is 0 Å². The van der Waals surface area contributed by atoms with Crippen LogP contribution >= 0.6 is 31.9 Å². The summed E-state index contributed by atoms with van der Waals surface area (Å²) in [5, 5.41) is 9.04. The van der Waals surface area contributed by atoms with Crippen LogP contribution in [0.25, 0.3) is 0 Å². The fraction of sp³-hybridized carbons (Fsp3) is 0.222. The molecule has 0 radical (unpaired) electrons. The van der Waals surface area contributed by atoms with Gasteiger partial charge in [-0.3, -0.25) is 4.72 Å². The van der Waals surface area contributed by atoms with Gasteiger partial charge in [-0.15, -0.1) is 0 Å². The van der Waals surface area contributed by atoms with Crippen LogP contribution in [0.3, 0.4) is 0 Å². The van der Waals surface area contributed by atoms with E-state index in [-0.39, 0.29) is 17.8 Å². The Bertz CT molecular complexity index is 574. The summed E-state index contributed by atoms with van der Waals surface area (Å²) in [6, 6.07) is 2.87. The van der Waals surface area contributed by atoms with E-state index in [4.69, 9.17) is 5.11 Å². The minimum Gasteiger partial charge on any atom is -0.478 e. The smallest absolute Gasteiger partial charge is 0.337 e. The van der Waals surface area contributed by atoms with Crippen molar-refractivity contribution in [3.05, 3.63) is 26.6 Å². The van der Waals surface area contributed by atoms with Crippen molar-refractivity contribution in [1.82, 2.24) is 4.72 Å². The summed E-state index contributed by atoms with van der Waals surface area (Å²) >= 11 is 6.26. The third-order valence-electron chi connectivity index (χ3n) is 1.86. The summed E-state index contributed by atoms with van der Waals surface area (Å²) in [6.07, 6.45) is 0. The Kier molecular flexibility index (Phi) is 5.14. The van der Waals surface area contributed by atoms with Gasteiger partial charge in [-0.1, -0.05) is 22.9 Å². The molecular weight excluding hydrogens is 392 g/mol. The van der Waals surface area contributed by atoms with Crippen LogP contribution in [0.15, 0.2) is 21.1 Å². The number of anilines is 1. The van der Waals surface area contributed by atoms with Gasteiger partial charge in [0.05, 0.1) is 11.3 Å². The van der Waals surface area contributed by atoms with Crippen molar-refractivity contribution >= 4 is 53.7 Å². The summed E-state index contributed by atoms with van der Waals surface area (Å²) in [5.41, 5.74) is -0.177. The number of nitrogens with one attached hydrogen (secondary N) is 2. The van der Waals surface area contributed by atoms with Crippen molar-refractivity contribution < 1.29 is 18.3 Å². The van der Waals surface area contributed by atoms with Crippen LogP contribution < -0.4 is 9.44 Å². The predicted octanol–water partition coefficient (Wildman–Crippen LogP) is 2.18. The number of hydrogen-bond acceptors (Lipinski definition) is 3.